The predicted molar refractivity (Wildman–Crippen MR) is 74.5 cm³/mol. The zero-order chi connectivity index (χ0) is 16.5. The van der Waals surface area contributed by atoms with E-state index >= 15 is 0 Å². The van der Waals surface area contributed by atoms with E-state index in [0.29, 0.717) is 0 Å². The SMILES string of the molecule is OC[C@@H]1C[C@H](O)[C@@H](O)[C@@H](O[C@]2(CCl)O[C@H](CCl)[C@@H](O)[C@@H]2O)O1. The van der Waals surface area contributed by atoms with Crippen LogP contribution in [0.3, 0.4) is 0 Å². The number of alkyl halides is 2. The van der Waals surface area contributed by atoms with Crippen molar-refractivity contribution in [3.05, 3.63) is 0 Å². The van der Waals surface area contributed by atoms with E-state index in [4.69, 9.17) is 42.5 Å². The molecule has 0 bridgehead atoms. The molecule has 0 amide bonds. The second-order valence-corrected chi connectivity index (χ2v) is 5.99. The fraction of sp³-hybridized carbons (Fsp3) is 1.00. The molecular weight excluding hydrogens is 343 g/mol. The molecule has 8 nitrogen and oxygen atoms in total. The Kier molecular flexibility index (Phi) is 6.28. The van der Waals surface area contributed by atoms with Gasteiger partial charge in [0.1, 0.15) is 24.4 Å². The van der Waals surface area contributed by atoms with Crippen LogP contribution in [-0.2, 0) is 14.2 Å². The highest BCUT2D eigenvalue weighted by Crippen LogP contribution is 2.37. The van der Waals surface area contributed by atoms with Crippen LogP contribution >= 0.6 is 23.2 Å². The number of ether oxygens (including phenoxy) is 3. The summed E-state index contributed by atoms with van der Waals surface area (Å²) in [5.74, 6) is -2.31. The minimum atomic E-state index is -1.84. The average molecular weight is 363 g/mol. The number of rotatable bonds is 5. The van der Waals surface area contributed by atoms with Gasteiger partial charge in [-0.15, -0.1) is 23.2 Å². The monoisotopic (exact) mass is 362 g/mol. The first-order valence-corrected chi connectivity index (χ1v) is 7.91. The van der Waals surface area contributed by atoms with Gasteiger partial charge in [0.15, 0.2) is 6.29 Å². The van der Waals surface area contributed by atoms with Gasteiger partial charge >= 0.3 is 0 Å². The lowest BCUT2D eigenvalue weighted by Gasteiger charge is -2.41. The van der Waals surface area contributed by atoms with E-state index in [-0.39, 0.29) is 24.8 Å². The first-order chi connectivity index (χ1) is 10.4. The molecule has 0 spiro atoms. The van der Waals surface area contributed by atoms with Gasteiger partial charge in [-0.2, -0.15) is 0 Å². The normalized spacial score (nSPS) is 49.5. The maximum absolute atomic E-state index is 10.1. The number of hydrogen-bond donors (Lipinski definition) is 5. The lowest BCUT2D eigenvalue weighted by atomic mass is 10.0. The Morgan fingerprint density at radius 2 is 1.82 bits per heavy atom. The summed E-state index contributed by atoms with van der Waals surface area (Å²) in [6.07, 6.45) is -8.47. The Labute approximate surface area is 137 Å². The molecule has 22 heavy (non-hydrogen) atoms. The molecule has 8 atom stereocenters. The van der Waals surface area contributed by atoms with Gasteiger partial charge in [0, 0.05) is 6.42 Å². The van der Waals surface area contributed by atoms with Crippen molar-refractivity contribution in [2.24, 2.45) is 0 Å². The molecule has 2 aliphatic heterocycles. The Bertz CT molecular complexity index is 375. The van der Waals surface area contributed by atoms with Crippen LogP contribution in [-0.4, -0.2) is 92.6 Å². The average Bonchev–Trinajstić information content (AvgIpc) is 2.76. The van der Waals surface area contributed by atoms with E-state index in [0.717, 1.165) is 0 Å². The summed E-state index contributed by atoms with van der Waals surface area (Å²) in [6.45, 7) is -0.381. The highest BCUT2D eigenvalue weighted by Gasteiger charge is 2.57. The molecule has 0 aromatic rings. The minimum absolute atomic E-state index is 0.0295. The van der Waals surface area contributed by atoms with Gasteiger partial charge in [0.05, 0.1) is 30.6 Å². The molecule has 2 aliphatic rings. The van der Waals surface area contributed by atoms with Crippen LogP contribution in [0.15, 0.2) is 0 Å². The first kappa shape index (κ1) is 18.6. The third-order valence-corrected chi connectivity index (χ3v) is 4.54. The first-order valence-electron chi connectivity index (χ1n) is 6.84. The molecule has 130 valence electrons. The quantitative estimate of drug-likeness (QED) is 0.359. The maximum atomic E-state index is 10.1. The number of aliphatic hydroxyl groups excluding tert-OH is 5. The topological polar surface area (TPSA) is 129 Å². The van der Waals surface area contributed by atoms with Crippen LogP contribution in [0.25, 0.3) is 0 Å². The van der Waals surface area contributed by atoms with Crippen LogP contribution < -0.4 is 0 Å². The fourth-order valence-corrected chi connectivity index (χ4v) is 3.08. The molecule has 2 fully saturated rings. The second-order valence-electron chi connectivity index (χ2n) is 5.41. The summed E-state index contributed by atoms with van der Waals surface area (Å²) in [5, 5.41) is 48.8. The van der Waals surface area contributed by atoms with Gasteiger partial charge in [-0.1, -0.05) is 0 Å². The van der Waals surface area contributed by atoms with Crippen molar-refractivity contribution in [2.45, 2.75) is 55.1 Å². The summed E-state index contributed by atoms with van der Waals surface area (Å²) in [6, 6.07) is 0. The van der Waals surface area contributed by atoms with E-state index in [1.165, 1.54) is 0 Å². The summed E-state index contributed by atoms with van der Waals surface area (Å²) < 4.78 is 16.2. The Morgan fingerprint density at radius 1 is 1.14 bits per heavy atom. The van der Waals surface area contributed by atoms with Crippen molar-refractivity contribution in [2.75, 3.05) is 18.4 Å². The predicted octanol–water partition coefficient (Wildman–Crippen LogP) is -1.87. The summed E-state index contributed by atoms with van der Waals surface area (Å²) in [5.41, 5.74) is 0. The van der Waals surface area contributed by atoms with Crippen LogP contribution in [0.5, 0.6) is 0 Å². The second kappa shape index (κ2) is 7.43. The van der Waals surface area contributed by atoms with Crippen molar-refractivity contribution in [3.63, 3.8) is 0 Å². The minimum Gasteiger partial charge on any atom is -0.394 e. The smallest absolute Gasteiger partial charge is 0.214 e. The molecule has 2 rings (SSSR count). The molecule has 5 N–H and O–H groups in total. The largest absolute Gasteiger partial charge is 0.394 e. The Balaban J connectivity index is 2.15. The van der Waals surface area contributed by atoms with Crippen molar-refractivity contribution < 1.29 is 39.7 Å². The van der Waals surface area contributed by atoms with Gasteiger partial charge in [0.25, 0.3) is 0 Å². The van der Waals surface area contributed by atoms with E-state index in [9.17, 15) is 20.4 Å². The molecule has 0 aromatic heterocycles. The zero-order valence-electron chi connectivity index (χ0n) is 11.6. The molecule has 0 radical (unpaired) electrons. The lowest BCUT2D eigenvalue weighted by Crippen LogP contribution is -2.57. The van der Waals surface area contributed by atoms with Gasteiger partial charge in [-0.3, -0.25) is 0 Å². The van der Waals surface area contributed by atoms with Crippen LogP contribution in [0, 0.1) is 0 Å². The van der Waals surface area contributed by atoms with E-state index in [1.54, 1.807) is 0 Å². The van der Waals surface area contributed by atoms with Gasteiger partial charge < -0.3 is 39.7 Å². The van der Waals surface area contributed by atoms with E-state index in [1.807, 2.05) is 0 Å². The zero-order valence-corrected chi connectivity index (χ0v) is 13.1. The number of aliphatic hydroxyl groups is 5. The molecular formula is C12H20Cl2O8. The highest BCUT2D eigenvalue weighted by atomic mass is 35.5. The van der Waals surface area contributed by atoms with E-state index < -0.39 is 48.7 Å². The number of hydrogen-bond acceptors (Lipinski definition) is 8. The fourth-order valence-electron chi connectivity index (χ4n) is 2.55. The lowest BCUT2D eigenvalue weighted by molar-refractivity contribution is -0.358. The van der Waals surface area contributed by atoms with Crippen LogP contribution in [0.2, 0.25) is 0 Å². The molecule has 2 saturated heterocycles. The summed E-state index contributed by atoms with van der Waals surface area (Å²) in [4.78, 5) is 0. The van der Waals surface area contributed by atoms with Crippen molar-refractivity contribution in [1.29, 1.82) is 0 Å². The van der Waals surface area contributed by atoms with Crippen molar-refractivity contribution in [3.8, 4) is 0 Å². The molecule has 10 heteroatoms. The van der Waals surface area contributed by atoms with Gasteiger partial charge in [0.2, 0.25) is 5.79 Å². The molecule has 0 unspecified atom stereocenters. The molecule has 0 aromatic carbocycles. The van der Waals surface area contributed by atoms with E-state index in [2.05, 4.69) is 0 Å². The highest BCUT2D eigenvalue weighted by molar-refractivity contribution is 6.19. The van der Waals surface area contributed by atoms with Crippen molar-refractivity contribution in [1.82, 2.24) is 0 Å². The van der Waals surface area contributed by atoms with Gasteiger partial charge in [-0.05, 0) is 0 Å². The van der Waals surface area contributed by atoms with Gasteiger partial charge in [-0.25, -0.2) is 0 Å². The number of halogens is 2. The van der Waals surface area contributed by atoms with Crippen LogP contribution in [0.1, 0.15) is 6.42 Å². The maximum Gasteiger partial charge on any atom is 0.214 e. The Hall–Kier alpha value is 0.260. The Morgan fingerprint density at radius 3 is 2.32 bits per heavy atom. The third kappa shape index (κ3) is 3.36. The molecule has 0 saturated carbocycles. The molecule has 2 heterocycles. The summed E-state index contributed by atoms with van der Waals surface area (Å²) >= 11 is 11.5. The third-order valence-electron chi connectivity index (χ3n) is 3.87. The van der Waals surface area contributed by atoms with Crippen LogP contribution in [0.4, 0.5) is 0 Å². The molecule has 0 aliphatic carbocycles. The summed E-state index contributed by atoms with van der Waals surface area (Å²) in [7, 11) is 0. The van der Waals surface area contributed by atoms with Crippen molar-refractivity contribution >= 4 is 23.2 Å². The standard InChI is InChI=1S/C12H20Cl2O8/c13-2-7-9(18)10(19)12(4-14,21-7)22-11-8(17)6(16)1-5(3-15)20-11/h5-11,15-19H,1-4H2/t5-,6-,7+,8+,9+,10-,11+,12-/m0/s1.